The number of Topliss-reactive ketones (excluding diaryl/α,β-unsaturated/α-hetero) is 1. The highest BCUT2D eigenvalue weighted by Gasteiger charge is 2.12. The maximum atomic E-state index is 11.0. The Kier molecular flexibility index (Phi) is 3.21. The third-order valence-electron chi connectivity index (χ3n) is 1.81. The molecule has 0 aliphatic rings. The van der Waals surface area contributed by atoms with Crippen molar-refractivity contribution in [3.8, 4) is 0 Å². The van der Waals surface area contributed by atoms with Crippen molar-refractivity contribution in [3.63, 3.8) is 0 Å². The highest BCUT2D eigenvalue weighted by molar-refractivity contribution is 6.67. The largest absolute Gasteiger partial charge is 0.478 e. The molecule has 0 aromatic heterocycles. The molecule has 0 fully saturated rings. The smallest absolute Gasteiger partial charge is 0.335 e. The second kappa shape index (κ2) is 4.23. The molecule has 4 nitrogen and oxygen atoms in total. The molecule has 0 atom stereocenters. The number of aromatic carboxylic acids is 1. The number of rotatable bonds is 3. The number of carboxylic acid groups (broad SMARTS) is 1. The first-order chi connectivity index (χ1) is 6.91. The standard InChI is InChI=1S/C10H7ClO4/c1-5(12)6-2-7(9(11)13)4-8(3-6)10(14)15/h2-4H,1H3,(H,14,15). The molecule has 1 N–H and O–H groups in total. The minimum atomic E-state index is -1.21. The Balaban J connectivity index is 3.39. The lowest BCUT2D eigenvalue weighted by atomic mass is 10.0. The lowest BCUT2D eigenvalue weighted by Gasteiger charge is -2.01. The molecule has 1 aromatic carbocycles. The zero-order valence-corrected chi connectivity index (χ0v) is 8.54. The van der Waals surface area contributed by atoms with Gasteiger partial charge in [0.25, 0.3) is 5.24 Å². The Labute approximate surface area is 90.5 Å². The van der Waals surface area contributed by atoms with Gasteiger partial charge >= 0.3 is 5.97 Å². The summed E-state index contributed by atoms with van der Waals surface area (Å²) in [4.78, 5) is 32.6. The number of hydrogen-bond donors (Lipinski definition) is 1. The summed E-state index contributed by atoms with van der Waals surface area (Å²) in [6, 6.07) is 3.60. The SMILES string of the molecule is CC(=O)c1cc(C(=O)O)cc(C(=O)Cl)c1. The Hall–Kier alpha value is -1.68. The first kappa shape index (κ1) is 11.4. The summed E-state index contributed by atoms with van der Waals surface area (Å²) >= 11 is 5.21. The molecule has 5 heteroatoms. The predicted molar refractivity (Wildman–Crippen MR) is 53.6 cm³/mol. The summed E-state index contributed by atoms with van der Waals surface area (Å²) in [7, 11) is 0. The van der Waals surface area contributed by atoms with Gasteiger partial charge in [-0.3, -0.25) is 9.59 Å². The van der Waals surface area contributed by atoms with Crippen LogP contribution in [0, 0.1) is 0 Å². The number of halogens is 1. The number of ketones is 1. The first-order valence-electron chi connectivity index (χ1n) is 4.01. The van der Waals surface area contributed by atoms with Crippen LogP contribution < -0.4 is 0 Å². The Morgan fingerprint density at radius 1 is 1.07 bits per heavy atom. The molecule has 15 heavy (non-hydrogen) atoms. The van der Waals surface area contributed by atoms with Gasteiger partial charge in [0.1, 0.15) is 0 Å². The van der Waals surface area contributed by atoms with Crippen LogP contribution >= 0.6 is 11.6 Å². The number of carboxylic acids is 1. The summed E-state index contributed by atoms with van der Waals surface area (Å²) < 4.78 is 0. The van der Waals surface area contributed by atoms with Gasteiger partial charge in [0, 0.05) is 11.1 Å². The van der Waals surface area contributed by atoms with Crippen molar-refractivity contribution in [1.82, 2.24) is 0 Å². The third-order valence-corrected chi connectivity index (χ3v) is 2.03. The minimum Gasteiger partial charge on any atom is -0.478 e. The number of benzene rings is 1. The highest BCUT2D eigenvalue weighted by Crippen LogP contribution is 2.13. The van der Waals surface area contributed by atoms with E-state index in [1.807, 2.05) is 0 Å². The van der Waals surface area contributed by atoms with E-state index < -0.39 is 11.2 Å². The van der Waals surface area contributed by atoms with Crippen LogP contribution in [0.2, 0.25) is 0 Å². The minimum absolute atomic E-state index is 0.00164. The van der Waals surface area contributed by atoms with E-state index in [-0.39, 0.29) is 22.5 Å². The van der Waals surface area contributed by atoms with Crippen LogP contribution in [-0.4, -0.2) is 22.1 Å². The molecule has 0 spiro atoms. The van der Waals surface area contributed by atoms with E-state index in [0.29, 0.717) is 0 Å². The molecule has 0 heterocycles. The van der Waals surface area contributed by atoms with Gasteiger partial charge in [-0.15, -0.1) is 0 Å². The highest BCUT2D eigenvalue weighted by atomic mass is 35.5. The van der Waals surface area contributed by atoms with Crippen LogP contribution in [0.25, 0.3) is 0 Å². The molecular formula is C10H7ClO4. The molecule has 0 saturated carbocycles. The fourth-order valence-corrected chi connectivity index (χ4v) is 1.18. The van der Waals surface area contributed by atoms with Gasteiger partial charge in [0.05, 0.1) is 5.56 Å². The first-order valence-corrected chi connectivity index (χ1v) is 4.38. The van der Waals surface area contributed by atoms with Crippen molar-refractivity contribution in [1.29, 1.82) is 0 Å². The van der Waals surface area contributed by atoms with Crippen LogP contribution in [0.3, 0.4) is 0 Å². The molecule has 0 amide bonds. The lowest BCUT2D eigenvalue weighted by Crippen LogP contribution is -2.03. The van der Waals surface area contributed by atoms with Crippen LogP contribution in [0.4, 0.5) is 0 Å². The number of carbonyl (C=O) groups excluding carboxylic acids is 2. The normalized spacial score (nSPS) is 9.73. The topological polar surface area (TPSA) is 71.4 Å². The van der Waals surface area contributed by atoms with Gasteiger partial charge in [-0.25, -0.2) is 4.79 Å². The Morgan fingerprint density at radius 2 is 1.53 bits per heavy atom. The molecule has 0 unspecified atom stereocenters. The van der Waals surface area contributed by atoms with E-state index in [1.54, 1.807) is 0 Å². The van der Waals surface area contributed by atoms with Gasteiger partial charge in [0.2, 0.25) is 0 Å². The van der Waals surface area contributed by atoms with Gasteiger partial charge < -0.3 is 5.11 Å². The summed E-state index contributed by atoms with van der Waals surface area (Å²) in [5.41, 5.74) is 0.0207. The summed E-state index contributed by atoms with van der Waals surface area (Å²) in [5.74, 6) is -1.53. The molecule has 1 aromatic rings. The average Bonchev–Trinajstić information content (AvgIpc) is 2.16. The lowest BCUT2D eigenvalue weighted by molar-refractivity contribution is 0.0697. The van der Waals surface area contributed by atoms with Gasteiger partial charge in [-0.2, -0.15) is 0 Å². The monoisotopic (exact) mass is 226 g/mol. The molecule has 78 valence electrons. The second-order valence-electron chi connectivity index (χ2n) is 2.93. The zero-order valence-electron chi connectivity index (χ0n) is 7.78. The van der Waals surface area contributed by atoms with Crippen LogP contribution in [0.5, 0.6) is 0 Å². The summed E-state index contributed by atoms with van der Waals surface area (Å²) in [6.07, 6.45) is 0. The Bertz CT molecular complexity index is 372. The quantitative estimate of drug-likeness (QED) is 0.632. The van der Waals surface area contributed by atoms with Gasteiger partial charge in [0.15, 0.2) is 5.78 Å². The average molecular weight is 227 g/mol. The van der Waals surface area contributed by atoms with E-state index >= 15 is 0 Å². The van der Waals surface area contributed by atoms with Crippen LogP contribution in [0.15, 0.2) is 18.2 Å². The number of hydrogen-bond acceptors (Lipinski definition) is 3. The predicted octanol–water partition coefficient (Wildman–Crippen LogP) is 1.97. The summed E-state index contributed by atoms with van der Waals surface area (Å²) in [5, 5.41) is 7.94. The fourth-order valence-electron chi connectivity index (χ4n) is 1.07. The maximum absolute atomic E-state index is 11.0. The van der Waals surface area contributed by atoms with Crippen molar-refractivity contribution >= 4 is 28.6 Å². The van der Waals surface area contributed by atoms with E-state index in [1.165, 1.54) is 19.1 Å². The molecule has 0 saturated heterocycles. The van der Waals surface area contributed by atoms with Crippen LogP contribution in [-0.2, 0) is 0 Å². The fraction of sp³-hybridized carbons (Fsp3) is 0.100. The van der Waals surface area contributed by atoms with Crippen molar-refractivity contribution in [2.24, 2.45) is 0 Å². The molecule has 1 rings (SSSR count). The summed E-state index contributed by atoms with van der Waals surface area (Å²) in [6.45, 7) is 1.28. The van der Waals surface area contributed by atoms with Crippen molar-refractivity contribution in [2.75, 3.05) is 0 Å². The van der Waals surface area contributed by atoms with Crippen molar-refractivity contribution in [3.05, 3.63) is 34.9 Å². The molecule has 0 aliphatic heterocycles. The van der Waals surface area contributed by atoms with Crippen molar-refractivity contribution < 1.29 is 19.5 Å². The molecular weight excluding hydrogens is 220 g/mol. The zero-order chi connectivity index (χ0) is 11.6. The van der Waals surface area contributed by atoms with Gasteiger partial charge in [-0.05, 0) is 36.7 Å². The van der Waals surface area contributed by atoms with E-state index in [0.717, 1.165) is 6.07 Å². The van der Waals surface area contributed by atoms with Gasteiger partial charge in [-0.1, -0.05) is 0 Å². The van der Waals surface area contributed by atoms with Crippen LogP contribution in [0.1, 0.15) is 38.0 Å². The second-order valence-corrected chi connectivity index (χ2v) is 3.28. The molecule has 0 aliphatic carbocycles. The van der Waals surface area contributed by atoms with Crippen molar-refractivity contribution in [2.45, 2.75) is 6.92 Å². The molecule has 0 radical (unpaired) electrons. The Morgan fingerprint density at radius 3 is 1.93 bits per heavy atom. The number of carbonyl (C=O) groups is 3. The molecule has 0 bridgehead atoms. The van der Waals surface area contributed by atoms with E-state index in [4.69, 9.17) is 16.7 Å². The maximum Gasteiger partial charge on any atom is 0.335 e. The third kappa shape index (κ3) is 2.63. The van der Waals surface area contributed by atoms with E-state index in [2.05, 4.69) is 0 Å². The van der Waals surface area contributed by atoms with E-state index in [9.17, 15) is 14.4 Å².